The molecule has 0 aliphatic carbocycles. The summed E-state index contributed by atoms with van der Waals surface area (Å²) in [5.41, 5.74) is 1.17. The number of thioether (sulfide) groups is 2. The van der Waals surface area contributed by atoms with Gasteiger partial charge in [0.2, 0.25) is 0 Å². The molecule has 20 heavy (non-hydrogen) atoms. The van der Waals surface area contributed by atoms with Crippen molar-refractivity contribution in [2.45, 2.75) is 35.9 Å². The van der Waals surface area contributed by atoms with Crippen molar-refractivity contribution in [3.8, 4) is 0 Å². The highest BCUT2D eigenvalue weighted by Gasteiger charge is 2.44. The van der Waals surface area contributed by atoms with Gasteiger partial charge in [0.15, 0.2) is 6.29 Å². The van der Waals surface area contributed by atoms with E-state index in [1.54, 1.807) is 0 Å². The monoisotopic (exact) mass is 312 g/mol. The largest absolute Gasteiger partial charge is 0.374 e. The SMILES string of the molecule is OC1CC2(C[C@H](COCc3ccccc3)O1)SCCS2. The van der Waals surface area contributed by atoms with E-state index in [4.69, 9.17) is 9.47 Å². The predicted octanol–water partition coefficient (Wildman–Crippen LogP) is 2.88. The number of hydrogen-bond acceptors (Lipinski definition) is 5. The van der Waals surface area contributed by atoms with E-state index in [1.807, 2.05) is 41.7 Å². The van der Waals surface area contributed by atoms with Gasteiger partial charge in [0, 0.05) is 17.9 Å². The van der Waals surface area contributed by atoms with Crippen LogP contribution in [0.5, 0.6) is 0 Å². The van der Waals surface area contributed by atoms with Crippen molar-refractivity contribution in [3.63, 3.8) is 0 Å². The van der Waals surface area contributed by atoms with Crippen molar-refractivity contribution in [1.82, 2.24) is 0 Å². The van der Waals surface area contributed by atoms with Crippen LogP contribution >= 0.6 is 23.5 Å². The lowest BCUT2D eigenvalue weighted by molar-refractivity contribution is -0.179. The van der Waals surface area contributed by atoms with Crippen LogP contribution in [0.2, 0.25) is 0 Å². The lowest BCUT2D eigenvalue weighted by Gasteiger charge is -2.39. The molecule has 0 aromatic heterocycles. The van der Waals surface area contributed by atoms with Gasteiger partial charge in [0.05, 0.1) is 23.4 Å². The third-order valence-electron chi connectivity index (χ3n) is 3.60. The standard InChI is InChI=1S/C15H20O3S2/c16-14-9-15(19-6-7-20-15)8-13(18-14)11-17-10-12-4-2-1-3-5-12/h1-5,13-14,16H,6-11H2/t13-,14?/m1/s1. The molecule has 2 aliphatic heterocycles. The Kier molecular flexibility index (Phi) is 4.94. The van der Waals surface area contributed by atoms with Crippen LogP contribution in [0.15, 0.2) is 30.3 Å². The van der Waals surface area contributed by atoms with Crippen LogP contribution < -0.4 is 0 Å². The molecule has 110 valence electrons. The number of rotatable bonds is 4. The summed E-state index contributed by atoms with van der Waals surface area (Å²) in [4.78, 5) is 0. The maximum atomic E-state index is 9.92. The van der Waals surface area contributed by atoms with Crippen molar-refractivity contribution in [1.29, 1.82) is 0 Å². The molecule has 1 N–H and O–H groups in total. The summed E-state index contributed by atoms with van der Waals surface area (Å²) >= 11 is 3.94. The smallest absolute Gasteiger partial charge is 0.157 e. The van der Waals surface area contributed by atoms with E-state index in [-0.39, 0.29) is 10.2 Å². The number of aliphatic hydroxyl groups excluding tert-OH is 1. The second-order valence-corrected chi connectivity index (χ2v) is 8.44. The average molecular weight is 312 g/mol. The molecule has 1 aromatic rings. The Balaban J connectivity index is 1.49. The number of benzene rings is 1. The van der Waals surface area contributed by atoms with Gasteiger partial charge in [-0.3, -0.25) is 0 Å². The molecular formula is C15H20O3S2. The van der Waals surface area contributed by atoms with Crippen LogP contribution in [0.1, 0.15) is 18.4 Å². The van der Waals surface area contributed by atoms with Crippen molar-refractivity contribution in [3.05, 3.63) is 35.9 Å². The Morgan fingerprint density at radius 3 is 2.70 bits per heavy atom. The molecule has 0 saturated carbocycles. The van der Waals surface area contributed by atoms with Crippen LogP contribution in [0.4, 0.5) is 0 Å². The third-order valence-corrected chi connectivity index (χ3v) is 7.10. The first kappa shape index (κ1) is 14.7. The predicted molar refractivity (Wildman–Crippen MR) is 83.9 cm³/mol. The fraction of sp³-hybridized carbons (Fsp3) is 0.600. The zero-order valence-electron chi connectivity index (χ0n) is 11.4. The molecule has 1 aromatic carbocycles. The molecule has 2 atom stereocenters. The lowest BCUT2D eigenvalue weighted by Crippen LogP contribution is -2.42. The summed E-state index contributed by atoms with van der Waals surface area (Å²) in [5.74, 6) is 2.35. The first-order valence-corrected chi connectivity index (χ1v) is 8.96. The number of ether oxygens (including phenoxy) is 2. The van der Waals surface area contributed by atoms with E-state index in [1.165, 1.54) is 17.1 Å². The van der Waals surface area contributed by atoms with Crippen molar-refractivity contribution < 1.29 is 14.6 Å². The summed E-state index contributed by atoms with van der Waals surface area (Å²) < 4.78 is 11.5. The Labute approximate surface area is 128 Å². The Morgan fingerprint density at radius 2 is 1.95 bits per heavy atom. The van der Waals surface area contributed by atoms with Crippen molar-refractivity contribution >= 4 is 23.5 Å². The van der Waals surface area contributed by atoms with Gasteiger partial charge < -0.3 is 14.6 Å². The fourth-order valence-electron chi connectivity index (χ4n) is 2.73. The van der Waals surface area contributed by atoms with Crippen LogP contribution in [-0.2, 0) is 16.1 Å². The maximum absolute atomic E-state index is 9.92. The van der Waals surface area contributed by atoms with Crippen LogP contribution in [0, 0.1) is 0 Å². The first-order valence-electron chi connectivity index (χ1n) is 6.99. The normalized spacial score (nSPS) is 28.9. The molecule has 1 unspecified atom stereocenters. The summed E-state index contributed by atoms with van der Waals surface area (Å²) in [6, 6.07) is 10.1. The topological polar surface area (TPSA) is 38.7 Å². The van der Waals surface area contributed by atoms with Gasteiger partial charge in [0.25, 0.3) is 0 Å². The van der Waals surface area contributed by atoms with Gasteiger partial charge in [0.1, 0.15) is 0 Å². The zero-order valence-corrected chi connectivity index (χ0v) is 13.0. The quantitative estimate of drug-likeness (QED) is 0.925. The van der Waals surface area contributed by atoms with Crippen molar-refractivity contribution in [2.75, 3.05) is 18.1 Å². The molecule has 0 bridgehead atoms. The minimum atomic E-state index is -0.646. The highest BCUT2D eigenvalue weighted by atomic mass is 32.2. The van der Waals surface area contributed by atoms with Gasteiger partial charge in [-0.15, -0.1) is 23.5 Å². The molecule has 2 heterocycles. The fourth-order valence-corrected chi connectivity index (χ4v) is 6.10. The molecule has 2 fully saturated rings. The maximum Gasteiger partial charge on any atom is 0.157 e. The molecule has 2 saturated heterocycles. The van der Waals surface area contributed by atoms with E-state index < -0.39 is 6.29 Å². The van der Waals surface area contributed by atoms with Gasteiger partial charge in [-0.05, 0) is 12.0 Å². The minimum absolute atomic E-state index is 0.000521. The summed E-state index contributed by atoms with van der Waals surface area (Å²) in [6.45, 7) is 1.15. The van der Waals surface area contributed by atoms with E-state index in [2.05, 4.69) is 12.1 Å². The first-order chi connectivity index (χ1) is 9.76. The van der Waals surface area contributed by atoms with Gasteiger partial charge in [-0.25, -0.2) is 0 Å². The highest BCUT2D eigenvalue weighted by Crippen LogP contribution is 2.52. The molecular weight excluding hydrogens is 292 g/mol. The summed E-state index contributed by atoms with van der Waals surface area (Å²) in [7, 11) is 0. The van der Waals surface area contributed by atoms with E-state index >= 15 is 0 Å². The summed E-state index contributed by atoms with van der Waals surface area (Å²) in [6.07, 6.45) is 1.05. The second kappa shape index (κ2) is 6.71. The highest BCUT2D eigenvalue weighted by molar-refractivity contribution is 8.21. The van der Waals surface area contributed by atoms with Crippen LogP contribution in [0.3, 0.4) is 0 Å². The molecule has 5 heteroatoms. The third kappa shape index (κ3) is 3.71. The molecule has 3 nitrogen and oxygen atoms in total. The van der Waals surface area contributed by atoms with E-state index in [9.17, 15) is 5.11 Å². The van der Waals surface area contributed by atoms with Gasteiger partial charge >= 0.3 is 0 Å². The number of aliphatic hydroxyl groups is 1. The Morgan fingerprint density at radius 1 is 1.20 bits per heavy atom. The van der Waals surface area contributed by atoms with E-state index in [0.29, 0.717) is 13.2 Å². The molecule has 2 aliphatic rings. The Hall–Kier alpha value is -0.200. The van der Waals surface area contributed by atoms with Gasteiger partial charge in [-0.2, -0.15) is 0 Å². The van der Waals surface area contributed by atoms with E-state index in [0.717, 1.165) is 12.8 Å². The van der Waals surface area contributed by atoms with Crippen LogP contribution in [-0.4, -0.2) is 39.7 Å². The zero-order chi connectivity index (χ0) is 13.8. The lowest BCUT2D eigenvalue weighted by atomic mass is 10.1. The van der Waals surface area contributed by atoms with Crippen LogP contribution in [0.25, 0.3) is 0 Å². The molecule has 3 rings (SSSR count). The second-order valence-electron chi connectivity index (χ2n) is 5.23. The minimum Gasteiger partial charge on any atom is -0.374 e. The van der Waals surface area contributed by atoms with Crippen molar-refractivity contribution in [2.24, 2.45) is 0 Å². The number of hydrogen-bond donors (Lipinski definition) is 1. The summed E-state index contributed by atoms with van der Waals surface area (Å²) in [5, 5.41) is 9.92. The Bertz CT molecular complexity index is 420. The molecule has 1 spiro atoms. The average Bonchev–Trinajstić information content (AvgIpc) is 2.87. The van der Waals surface area contributed by atoms with Gasteiger partial charge in [-0.1, -0.05) is 30.3 Å². The molecule has 0 radical (unpaired) electrons. The molecule has 0 amide bonds.